The molecule has 2 aliphatic heterocycles. The number of methoxy groups -OCH3 is 1. The van der Waals surface area contributed by atoms with Crippen molar-refractivity contribution >= 4 is 44.3 Å². The summed E-state index contributed by atoms with van der Waals surface area (Å²) in [7, 11) is -0.598. The maximum absolute atomic E-state index is 13.4. The quantitative estimate of drug-likeness (QED) is 0.255. The number of allylic oxidation sites excluding steroid dienone is 3. The van der Waals surface area contributed by atoms with Gasteiger partial charge >= 0.3 is 0 Å². The number of carbonyl (C=O) groups excluding carboxylic acids is 1. The van der Waals surface area contributed by atoms with E-state index in [9.17, 15) is 18.3 Å². The van der Waals surface area contributed by atoms with Crippen LogP contribution >= 0.6 is 0 Å². The summed E-state index contributed by atoms with van der Waals surface area (Å²) in [6, 6.07) is 9.48. The minimum Gasteiger partial charge on any atom is -0.385 e. The molecule has 0 radical (unpaired) electrons. The fourth-order valence-electron chi connectivity index (χ4n) is 5.21. The van der Waals surface area contributed by atoms with Crippen molar-refractivity contribution in [3.8, 4) is 0 Å². The van der Waals surface area contributed by atoms with Crippen molar-refractivity contribution in [2.45, 2.75) is 31.9 Å². The molecular formula is C28H36N4O5S. The largest absolute Gasteiger partial charge is 0.385 e. The number of amides is 1. The van der Waals surface area contributed by atoms with E-state index in [4.69, 9.17) is 4.74 Å². The molecule has 2 heterocycles. The van der Waals surface area contributed by atoms with E-state index >= 15 is 0 Å². The molecule has 2 unspecified atom stereocenters. The summed E-state index contributed by atoms with van der Waals surface area (Å²) < 4.78 is 33.1. The average molecular weight is 541 g/mol. The number of aliphatic hydroxyl groups excluding tert-OH is 1. The van der Waals surface area contributed by atoms with Crippen LogP contribution < -0.4 is 10.2 Å². The first-order valence-corrected chi connectivity index (χ1v) is 14.3. The summed E-state index contributed by atoms with van der Waals surface area (Å²) in [4.78, 5) is 19.3. The number of nitrogens with zero attached hydrogens (tertiary/aromatic N) is 3. The Morgan fingerprint density at radius 2 is 2.13 bits per heavy atom. The first kappa shape index (κ1) is 28.0. The minimum absolute atomic E-state index is 0.102. The van der Waals surface area contributed by atoms with Gasteiger partial charge in [0.05, 0.1) is 10.8 Å². The Labute approximate surface area is 224 Å². The Bertz CT molecular complexity index is 1350. The number of aliphatic imine (C=N–C) groups is 1. The Morgan fingerprint density at radius 1 is 1.32 bits per heavy atom. The standard InChI is InChI=1S/C28H36N4O5S/c1-4-5-10-21(18-29-2)38(35,36)31-15-7-9-20(19-31)27(33)30-24-13-14-25-26-22(24)11-6-12-23(26)28(34)32(25)16-8-17-37-3/h4,6,10-14,18,20,28,34H,1,5,7-9,15-17,19H2,2-3H3,(H,30,33)/b21-10+,29-18?. The second-order valence-electron chi connectivity index (χ2n) is 9.53. The molecule has 204 valence electrons. The number of anilines is 2. The van der Waals surface area contributed by atoms with E-state index < -0.39 is 22.2 Å². The first-order valence-electron chi connectivity index (χ1n) is 12.9. The zero-order valence-electron chi connectivity index (χ0n) is 22.0. The fourth-order valence-corrected chi connectivity index (χ4v) is 6.80. The Morgan fingerprint density at radius 3 is 2.87 bits per heavy atom. The van der Waals surface area contributed by atoms with Gasteiger partial charge in [-0.25, -0.2) is 8.42 Å². The van der Waals surface area contributed by atoms with Crippen molar-refractivity contribution in [3.05, 3.63) is 59.5 Å². The zero-order chi connectivity index (χ0) is 27.3. The van der Waals surface area contributed by atoms with Crippen molar-refractivity contribution in [2.75, 3.05) is 50.6 Å². The van der Waals surface area contributed by atoms with Crippen LogP contribution in [0.25, 0.3) is 10.8 Å². The Balaban J connectivity index is 1.54. The number of piperidine rings is 1. The van der Waals surface area contributed by atoms with Gasteiger partial charge in [0.25, 0.3) is 0 Å². The minimum atomic E-state index is -3.78. The average Bonchev–Trinajstić information content (AvgIpc) is 3.20. The highest BCUT2D eigenvalue weighted by Gasteiger charge is 2.35. The zero-order valence-corrected chi connectivity index (χ0v) is 22.8. The second-order valence-corrected chi connectivity index (χ2v) is 11.5. The van der Waals surface area contributed by atoms with Gasteiger partial charge in [-0.1, -0.05) is 30.4 Å². The number of aliphatic hydroxyl groups is 1. The van der Waals surface area contributed by atoms with Gasteiger partial charge in [0.1, 0.15) is 0 Å². The van der Waals surface area contributed by atoms with Crippen molar-refractivity contribution in [1.29, 1.82) is 0 Å². The number of hydrogen-bond donors (Lipinski definition) is 2. The van der Waals surface area contributed by atoms with Crippen LogP contribution in [0, 0.1) is 5.92 Å². The van der Waals surface area contributed by atoms with Gasteiger partial charge in [0.15, 0.2) is 6.23 Å². The topological polar surface area (TPSA) is 112 Å². The first-order chi connectivity index (χ1) is 18.3. The van der Waals surface area contributed by atoms with Gasteiger partial charge in [0, 0.05) is 74.3 Å². The van der Waals surface area contributed by atoms with Gasteiger partial charge in [-0.2, -0.15) is 4.31 Å². The van der Waals surface area contributed by atoms with E-state index in [1.807, 2.05) is 35.2 Å². The molecule has 2 atom stereocenters. The molecule has 2 N–H and O–H groups in total. The molecular weight excluding hydrogens is 504 g/mol. The van der Waals surface area contributed by atoms with Gasteiger partial charge in [0.2, 0.25) is 15.9 Å². The van der Waals surface area contributed by atoms with Crippen LogP contribution in [0.1, 0.15) is 37.5 Å². The van der Waals surface area contributed by atoms with Crippen LogP contribution in [0.3, 0.4) is 0 Å². The number of rotatable bonds is 11. The highest BCUT2D eigenvalue weighted by molar-refractivity contribution is 7.93. The van der Waals surface area contributed by atoms with Crippen molar-refractivity contribution in [3.63, 3.8) is 0 Å². The fraction of sp³-hybridized carbons (Fsp3) is 0.429. The third-order valence-corrected chi connectivity index (χ3v) is 8.95. The molecule has 1 saturated heterocycles. The number of benzene rings is 2. The Kier molecular flexibility index (Phi) is 8.99. The lowest BCUT2D eigenvalue weighted by molar-refractivity contribution is -0.120. The molecule has 0 spiro atoms. The van der Waals surface area contributed by atoms with Crippen LogP contribution in [0.15, 0.2) is 59.0 Å². The van der Waals surface area contributed by atoms with Gasteiger partial charge < -0.3 is 20.1 Å². The van der Waals surface area contributed by atoms with E-state index in [0.717, 1.165) is 28.4 Å². The third-order valence-electron chi connectivity index (χ3n) is 7.07. The highest BCUT2D eigenvalue weighted by Crippen LogP contribution is 2.45. The van der Waals surface area contributed by atoms with Crippen LogP contribution in [0.4, 0.5) is 11.4 Å². The Hall–Kier alpha value is -3.05. The normalized spacial score (nSPS) is 20.4. The summed E-state index contributed by atoms with van der Waals surface area (Å²) in [6.07, 6.45) is 6.14. The summed E-state index contributed by atoms with van der Waals surface area (Å²) >= 11 is 0. The van der Waals surface area contributed by atoms with Crippen molar-refractivity contribution in [1.82, 2.24) is 4.31 Å². The molecule has 38 heavy (non-hydrogen) atoms. The third kappa shape index (κ3) is 5.54. The lowest BCUT2D eigenvalue weighted by Crippen LogP contribution is -2.44. The van der Waals surface area contributed by atoms with Crippen LogP contribution in [0.2, 0.25) is 0 Å². The number of nitrogens with one attached hydrogen (secondary N) is 1. The molecule has 10 heteroatoms. The smallest absolute Gasteiger partial charge is 0.244 e. The molecule has 4 rings (SSSR count). The summed E-state index contributed by atoms with van der Waals surface area (Å²) in [6.45, 7) is 5.35. The predicted octanol–water partition coefficient (Wildman–Crippen LogP) is 3.83. The van der Waals surface area contributed by atoms with Gasteiger partial charge in [-0.15, -0.1) is 6.58 Å². The van der Waals surface area contributed by atoms with Crippen LogP contribution in [-0.2, 0) is 19.6 Å². The van der Waals surface area contributed by atoms with Crippen LogP contribution in [-0.4, -0.2) is 70.3 Å². The lowest BCUT2D eigenvalue weighted by Gasteiger charge is -2.31. The predicted molar refractivity (Wildman–Crippen MR) is 152 cm³/mol. The monoisotopic (exact) mass is 540 g/mol. The molecule has 2 aliphatic rings. The van der Waals surface area contributed by atoms with E-state index in [2.05, 4.69) is 16.9 Å². The number of carbonyl (C=O) groups is 1. The van der Waals surface area contributed by atoms with Crippen LogP contribution in [0.5, 0.6) is 0 Å². The molecule has 0 saturated carbocycles. The van der Waals surface area contributed by atoms with Gasteiger partial charge in [-0.3, -0.25) is 9.79 Å². The highest BCUT2D eigenvalue weighted by atomic mass is 32.2. The summed E-state index contributed by atoms with van der Waals surface area (Å²) in [5.74, 6) is -0.709. The molecule has 2 aromatic rings. The maximum atomic E-state index is 13.4. The number of sulfonamides is 1. The molecule has 2 aromatic carbocycles. The molecule has 9 nitrogen and oxygen atoms in total. The second kappa shape index (κ2) is 12.2. The molecule has 1 amide bonds. The van der Waals surface area contributed by atoms with Gasteiger partial charge in [-0.05, 0) is 37.8 Å². The van der Waals surface area contributed by atoms with E-state index in [1.54, 1.807) is 19.3 Å². The van der Waals surface area contributed by atoms with Crippen molar-refractivity contribution < 1.29 is 23.1 Å². The summed E-state index contributed by atoms with van der Waals surface area (Å²) in [5.41, 5.74) is 2.37. The lowest BCUT2D eigenvalue weighted by atomic mass is 9.98. The van der Waals surface area contributed by atoms with E-state index in [-0.39, 0.29) is 17.4 Å². The van der Waals surface area contributed by atoms with E-state index in [0.29, 0.717) is 44.6 Å². The van der Waals surface area contributed by atoms with Crippen molar-refractivity contribution in [2.24, 2.45) is 10.9 Å². The van der Waals surface area contributed by atoms with E-state index in [1.165, 1.54) is 17.6 Å². The molecule has 0 aromatic heterocycles. The molecule has 1 fully saturated rings. The summed E-state index contributed by atoms with van der Waals surface area (Å²) in [5, 5.41) is 15.8. The number of hydrogen-bond acceptors (Lipinski definition) is 7. The maximum Gasteiger partial charge on any atom is 0.244 e. The number of ether oxygens (including phenoxy) is 1. The SMILES string of the molecule is C=CC/C=C(\C=NC)S(=O)(=O)N1CCCC(C(=O)Nc2ccc3c4c(cccc24)C(O)N3CCCOC)C1. The molecule has 0 bridgehead atoms. The molecule has 0 aliphatic carbocycles.